The lowest BCUT2D eigenvalue weighted by Gasteiger charge is -2.55. The number of nitrogens with one attached hydrogen (secondary N) is 1. The van der Waals surface area contributed by atoms with Crippen molar-refractivity contribution in [1.29, 1.82) is 0 Å². The molecule has 3 fully saturated rings. The Hall–Kier alpha value is -1.92. The molecule has 0 unspecified atom stereocenters. The van der Waals surface area contributed by atoms with E-state index in [0.29, 0.717) is 32.0 Å². The van der Waals surface area contributed by atoms with Gasteiger partial charge in [0.2, 0.25) is 11.8 Å². The van der Waals surface area contributed by atoms with Gasteiger partial charge in [-0.15, -0.1) is 0 Å². The highest BCUT2D eigenvalue weighted by Crippen LogP contribution is 2.36. The van der Waals surface area contributed by atoms with E-state index in [0.717, 1.165) is 24.2 Å². The lowest BCUT2D eigenvalue weighted by Crippen LogP contribution is -2.73. The van der Waals surface area contributed by atoms with Gasteiger partial charge in [-0.1, -0.05) is 24.3 Å². The topological polar surface area (TPSA) is 61.9 Å². The second-order valence-electron chi connectivity index (χ2n) is 8.35. The number of hydrogen-bond donors (Lipinski definition) is 1. The number of likely N-dealkylation sites (N-methyl/N-ethyl adjacent to an activating group) is 1. The number of ether oxygens (including phenoxy) is 1. The van der Waals surface area contributed by atoms with Crippen LogP contribution in [0.5, 0.6) is 0 Å². The van der Waals surface area contributed by atoms with E-state index in [1.54, 1.807) is 7.05 Å². The zero-order valence-electron chi connectivity index (χ0n) is 16.2. The van der Waals surface area contributed by atoms with Crippen LogP contribution in [0.1, 0.15) is 24.0 Å². The SMILES string of the molecule is CNC(=O)[C@@H]1COC2(CN(C(=O)Cc3ccccc3C)C2)CN1CC1CC1. The average Bonchev–Trinajstić information content (AvgIpc) is 3.45. The minimum Gasteiger partial charge on any atom is -0.368 e. The van der Waals surface area contributed by atoms with E-state index >= 15 is 0 Å². The number of carbonyl (C=O) groups excluding carboxylic acids is 2. The molecule has 4 rings (SSSR count). The van der Waals surface area contributed by atoms with Crippen LogP contribution in [0.15, 0.2) is 24.3 Å². The largest absolute Gasteiger partial charge is 0.368 e. The molecule has 0 radical (unpaired) electrons. The summed E-state index contributed by atoms with van der Waals surface area (Å²) in [6.45, 7) is 5.39. The van der Waals surface area contributed by atoms with Crippen molar-refractivity contribution in [1.82, 2.24) is 15.1 Å². The molecule has 1 saturated carbocycles. The van der Waals surface area contributed by atoms with Gasteiger partial charge in [-0.2, -0.15) is 0 Å². The van der Waals surface area contributed by atoms with Crippen molar-refractivity contribution >= 4 is 11.8 Å². The van der Waals surface area contributed by atoms with Crippen LogP contribution in [0, 0.1) is 12.8 Å². The van der Waals surface area contributed by atoms with Crippen molar-refractivity contribution in [3.05, 3.63) is 35.4 Å². The van der Waals surface area contributed by atoms with Crippen LogP contribution in [0.2, 0.25) is 0 Å². The molecule has 2 saturated heterocycles. The Balaban J connectivity index is 1.36. The van der Waals surface area contributed by atoms with E-state index in [1.807, 2.05) is 36.1 Å². The van der Waals surface area contributed by atoms with Crippen molar-refractivity contribution < 1.29 is 14.3 Å². The first-order valence-corrected chi connectivity index (χ1v) is 9.91. The van der Waals surface area contributed by atoms with E-state index in [1.165, 1.54) is 12.8 Å². The molecule has 1 aromatic rings. The summed E-state index contributed by atoms with van der Waals surface area (Å²) in [4.78, 5) is 29.0. The minimum atomic E-state index is -0.305. The van der Waals surface area contributed by atoms with Gasteiger partial charge in [0, 0.05) is 20.1 Å². The molecule has 2 aliphatic heterocycles. The lowest BCUT2D eigenvalue weighted by molar-refractivity contribution is -0.204. The standard InChI is InChI=1S/C21H29N3O3/c1-15-5-3-4-6-17(15)9-19(25)24-13-21(14-24)12-23(10-16-7-8-16)18(11-27-21)20(26)22-2/h3-6,16,18H,7-14H2,1-2H3,(H,22,26)/t18-/m0/s1. The molecule has 6 nitrogen and oxygen atoms in total. The molecule has 0 aromatic heterocycles. The zero-order valence-corrected chi connectivity index (χ0v) is 16.2. The van der Waals surface area contributed by atoms with E-state index in [9.17, 15) is 9.59 Å². The maximum Gasteiger partial charge on any atom is 0.239 e. The molecule has 1 aromatic carbocycles. The predicted octanol–water partition coefficient (Wildman–Crippen LogP) is 0.975. The molecule has 3 aliphatic rings. The summed E-state index contributed by atoms with van der Waals surface area (Å²) in [5.41, 5.74) is 1.93. The third-order valence-corrected chi connectivity index (χ3v) is 6.13. The Morgan fingerprint density at radius 3 is 2.63 bits per heavy atom. The Morgan fingerprint density at radius 1 is 1.22 bits per heavy atom. The fourth-order valence-corrected chi connectivity index (χ4v) is 4.22. The first-order chi connectivity index (χ1) is 13.0. The van der Waals surface area contributed by atoms with E-state index in [2.05, 4.69) is 10.2 Å². The highest BCUT2D eigenvalue weighted by molar-refractivity contribution is 5.82. The van der Waals surface area contributed by atoms with E-state index in [4.69, 9.17) is 4.74 Å². The molecule has 1 atom stereocenters. The Morgan fingerprint density at radius 2 is 1.96 bits per heavy atom. The quantitative estimate of drug-likeness (QED) is 0.838. The van der Waals surface area contributed by atoms with Crippen LogP contribution < -0.4 is 5.32 Å². The molecule has 27 heavy (non-hydrogen) atoms. The van der Waals surface area contributed by atoms with E-state index in [-0.39, 0.29) is 23.5 Å². The van der Waals surface area contributed by atoms with Crippen molar-refractivity contribution in [2.24, 2.45) is 5.92 Å². The lowest BCUT2D eigenvalue weighted by atomic mass is 9.89. The summed E-state index contributed by atoms with van der Waals surface area (Å²) < 4.78 is 6.13. The number of likely N-dealkylation sites (tertiary alicyclic amines) is 1. The van der Waals surface area contributed by atoms with Gasteiger partial charge >= 0.3 is 0 Å². The molecule has 146 valence electrons. The third kappa shape index (κ3) is 3.87. The van der Waals surface area contributed by atoms with Crippen LogP contribution in [0.4, 0.5) is 0 Å². The van der Waals surface area contributed by atoms with Crippen LogP contribution >= 0.6 is 0 Å². The van der Waals surface area contributed by atoms with Crippen LogP contribution in [0.3, 0.4) is 0 Å². The molecule has 1 aliphatic carbocycles. The number of amides is 2. The molecule has 2 amide bonds. The van der Waals surface area contributed by atoms with Gasteiger partial charge in [-0.25, -0.2) is 0 Å². The summed E-state index contributed by atoms with van der Waals surface area (Å²) >= 11 is 0. The Bertz CT molecular complexity index is 725. The second kappa shape index (κ2) is 7.24. The summed E-state index contributed by atoms with van der Waals surface area (Å²) in [5.74, 6) is 0.893. The van der Waals surface area contributed by atoms with Gasteiger partial charge in [0.05, 0.1) is 26.1 Å². The molecule has 6 heteroatoms. The van der Waals surface area contributed by atoms with Gasteiger partial charge in [0.1, 0.15) is 11.6 Å². The summed E-state index contributed by atoms with van der Waals surface area (Å²) in [6.07, 6.45) is 2.95. The van der Waals surface area contributed by atoms with Crippen LogP contribution in [0.25, 0.3) is 0 Å². The zero-order chi connectivity index (χ0) is 19.0. The van der Waals surface area contributed by atoms with Crippen molar-refractivity contribution in [3.8, 4) is 0 Å². The second-order valence-corrected chi connectivity index (χ2v) is 8.35. The van der Waals surface area contributed by atoms with Gasteiger partial charge in [0.25, 0.3) is 0 Å². The normalized spacial score (nSPS) is 24.5. The number of nitrogens with zero attached hydrogens (tertiary/aromatic N) is 2. The first kappa shape index (κ1) is 18.4. The first-order valence-electron chi connectivity index (χ1n) is 9.91. The minimum absolute atomic E-state index is 0.0253. The third-order valence-electron chi connectivity index (χ3n) is 6.13. The van der Waals surface area contributed by atoms with Gasteiger partial charge in [-0.05, 0) is 36.8 Å². The fourth-order valence-electron chi connectivity index (χ4n) is 4.22. The van der Waals surface area contributed by atoms with Crippen molar-refractivity contribution in [2.75, 3.05) is 39.8 Å². The number of carbonyl (C=O) groups is 2. The highest BCUT2D eigenvalue weighted by atomic mass is 16.5. The molecular weight excluding hydrogens is 342 g/mol. The number of aryl methyl sites for hydroxylation is 1. The molecule has 2 heterocycles. The number of morpholine rings is 1. The summed E-state index contributed by atoms with van der Waals surface area (Å²) in [6, 6.07) is 7.82. The fraction of sp³-hybridized carbons (Fsp3) is 0.619. The van der Waals surface area contributed by atoms with Crippen LogP contribution in [-0.2, 0) is 20.7 Å². The van der Waals surface area contributed by atoms with Crippen molar-refractivity contribution in [2.45, 2.75) is 37.8 Å². The molecule has 0 bridgehead atoms. The maximum atomic E-state index is 12.7. The van der Waals surface area contributed by atoms with Gasteiger partial charge in [0.15, 0.2) is 0 Å². The molecule has 1 N–H and O–H groups in total. The van der Waals surface area contributed by atoms with Gasteiger partial charge in [-0.3, -0.25) is 14.5 Å². The molecule has 1 spiro atoms. The van der Waals surface area contributed by atoms with Crippen LogP contribution in [-0.4, -0.2) is 73.1 Å². The predicted molar refractivity (Wildman–Crippen MR) is 102 cm³/mol. The number of benzene rings is 1. The van der Waals surface area contributed by atoms with Crippen molar-refractivity contribution in [3.63, 3.8) is 0 Å². The average molecular weight is 371 g/mol. The summed E-state index contributed by atoms with van der Waals surface area (Å²) in [7, 11) is 1.68. The van der Waals surface area contributed by atoms with E-state index < -0.39 is 0 Å². The Labute approximate surface area is 160 Å². The monoisotopic (exact) mass is 371 g/mol. The number of rotatable bonds is 5. The smallest absolute Gasteiger partial charge is 0.239 e. The maximum absolute atomic E-state index is 12.7. The van der Waals surface area contributed by atoms with Gasteiger partial charge < -0.3 is 15.0 Å². The summed E-state index contributed by atoms with van der Waals surface area (Å²) in [5, 5.41) is 2.76. The molecular formula is C21H29N3O3. The Kier molecular flexibility index (Phi) is 4.95. The number of hydrogen-bond acceptors (Lipinski definition) is 4. The highest BCUT2D eigenvalue weighted by Gasteiger charge is 2.52.